The molecule has 0 unspecified atom stereocenters. The van der Waals surface area contributed by atoms with Gasteiger partial charge >= 0.3 is 0 Å². The van der Waals surface area contributed by atoms with Crippen LogP contribution in [-0.4, -0.2) is 32.2 Å². The fourth-order valence-corrected chi connectivity index (χ4v) is 1.55. The highest BCUT2D eigenvalue weighted by Gasteiger charge is 2.06. The summed E-state index contributed by atoms with van der Waals surface area (Å²) in [5, 5.41) is 10.8. The van der Waals surface area contributed by atoms with E-state index in [2.05, 4.69) is 20.5 Å². The van der Waals surface area contributed by atoms with Crippen molar-refractivity contribution in [1.82, 2.24) is 25.1 Å². The SMILES string of the molecule is Cn1cnnc1CCNC(=O)c1ccc(Cl)nc1. The molecule has 7 heteroatoms. The Morgan fingerprint density at radius 3 is 2.94 bits per heavy atom. The van der Waals surface area contributed by atoms with Gasteiger partial charge in [0, 0.05) is 26.2 Å². The van der Waals surface area contributed by atoms with Gasteiger partial charge in [0.25, 0.3) is 5.91 Å². The van der Waals surface area contributed by atoms with E-state index in [0.29, 0.717) is 23.7 Å². The Balaban J connectivity index is 1.85. The number of rotatable bonds is 4. The van der Waals surface area contributed by atoms with Gasteiger partial charge in [-0.15, -0.1) is 10.2 Å². The van der Waals surface area contributed by atoms with Gasteiger partial charge in [-0.1, -0.05) is 11.6 Å². The van der Waals surface area contributed by atoms with Gasteiger partial charge in [0.1, 0.15) is 17.3 Å². The van der Waals surface area contributed by atoms with Crippen LogP contribution in [0.15, 0.2) is 24.7 Å². The van der Waals surface area contributed by atoms with Gasteiger partial charge in [-0.05, 0) is 12.1 Å². The average Bonchev–Trinajstić information content (AvgIpc) is 2.76. The molecule has 2 aromatic rings. The molecule has 2 heterocycles. The number of aryl methyl sites for hydroxylation is 1. The van der Waals surface area contributed by atoms with E-state index in [-0.39, 0.29) is 5.91 Å². The highest BCUT2D eigenvalue weighted by molar-refractivity contribution is 6.29. The van der Waals surface area contributed by atoms with Crippen molar-refractivity contribution in [3.8, 4) is 0 Å². The monoisotopic (exact) mass is 265 g/mol. The lowest BCUT2D eigenvalue weighted by atomic mass is 10.2. The van der Waals surface area contributed by atoms with Crippen molar-refractivity contribution >= 4 is 17.5 Å². The normalized spacial score (nSPS) is 10.3. The summed E-state index contributed by atoms with van der Waals surface area (Å²) in [6.07, 6.45) is 3.70. The number of nitrogens with zero attached hydrogens (tertiary/aromatic N) is 4. The molecular weight excluding hydrogens is 254 g/mol. The Bertz CT molecular complexity index is 537. The highest BCUT2D eigenvalue weighted by Crippen LogP contribution is 2.04. The second kappa shape index (κ2) is 5.59. The van der Waals surface area contributed by atoms with E-state index in [9.17, 15) is 4.79 Å². The molecule has 18 heavy (non-hydrogen) atoms. The average molecular weight is 266 g/mol. The minimum atomic E-state index is -0.179. The summed E-state index contributed by atoms with van der Waals surface area (Å²) in [6, 6.07) is 3.21. The molecule has 0 aromatic carbocycles. The lowest BCUT2D eigenvalue weighted by Gasteiger charge is -2.04. The van der Waals surface area contributed by atoms with Gasteiger partial charge in [-0.25, -0.2) is 4.98 Å². The van der Waals surface area contributed by atoms with E-state index in [1.165, 1.54) is 6.20 Å². The second-order valence-corrected chi connectivity index (χ2v) is 4.12. The predicted molar refractivity (Wildman–Crippen MR) is 66.3 cm³/mol. The molecule has 6 nitrogen and oxygen atoms in total. The van der Waals surface area contributed by atoms with Gasteiger partial charge in [-0.2, -0.15) is 0 Å². The Hall–Kier alpha value is -1.95. The fraction of sp³-hybridized carbons (Fsp3) is 0.273. The molecule has 2 aromatic heterocycles. The van der Waals surface area contributed by atoms with Crippen LogP contribution in [0, 0.1) is 0 Å². The zero-order valence-electron chi connectivity index (χ0n) is 9.80. The zero-order valence-corrected chi connectivity index (χ0v) is 10.6. The highest BCUT2D eigenvalue weighted by atomic mass is 35.5. The number of hydrogen-bond donors (Lipinski definition) is 1. The number of hydrogen-bond acceptors (Lipinski definition) is 4. The Kier molecular flexibility index (Phi) is 3.88. The molecule has 0 aliphatic carbocycles. The quantitative estimate of drug-likeness (QED) is 0.832. The van der Waals surface area contributed by atoms with Crippen LogP contribution in [0.3, 0.4) is 0 Å². The standard InChI is InChI=1S/C11H12ClN5O/c1-17-7-15-16-10(17)4-5-13-11(18)8-2-3-9(12)14-6-8/h2-3,6-7H,4-5H2,1H3,(H,13,18). The van der Waals surface area contributed by atoms with Crippen molar-refractivity contribution in [2.75, 3.05) is 6.54 Å². The predicted octanol–water partition coefficient (Wildman–Crippen LogP) is 0.836. The van der Waals surface area contributed by atoms with Gasteiger partial charge in [0.15, 0.2) is 0 Å². The first-order valence-electron chi connectivity index (χ1n) is 5.39. The summed E-state index contributed by atoms with van der Waals surface area (Å²) in [7, 11) is 1.86. The molecule has 0 spiro atoms. The van der Waals surface area contributed by atoms with Crippen LogP contribution in [0.25, 0.3) is 0 Å². The van der Waals surface area contributed by atoms with Crippen molar-refractivity contribution in [2.24, 2.45) is 7.05 Å². The van der Waals surface area contributed by atoms with Gasteiger partial charge < -0.3 is 9.88 Å². The minimum Gasteiger partial charge on any atom is -0.352 e. The van der Waals surface area contributed by atoms with Crippen LogP contribution in [0.5, 0.6) is 0 Å². The van der Waals surface area contributed by atoms with E-state index in [1.54, 1.807) is 18.5 Å². The molecule has 0 radical (unpaired) electrons. The van der Waals surface area contributed by atoms with E-state index in [0.717, 1.165) is 5.82 Å². The van der Waals surface area contributed by atoms with E-state index in [4.69, 9.17) is 11.6 Å². The molecule has 0 aliphatic rings. The number of nitrogens with one attached hydrogen (secondary N) is 1. The van der Waals surface area contributed by atoms with Crippen LogP contribution in [0.2, 0.25) is 5.15 Å². The molecule has 0 atom stereocenters. The van der Waals surface area contributed by atoms with Crippen LogP contribution >= 0.6 is 11.6 Å². The minimum absolute atomic E-state index is 0.179. The number of halogens is 1. The van der Waals surface area contributed by atoms with E-state index >= 15 is 0 Å². The van der Waals surface area contributed by atoms with Crippen molar-refractivity contribution in [1.29, 1.82) is 0 Å². The molecule has 1 N–H and O–H groups in total. The fourth-order valence-electron chi connectivity index (χ4n) is 1.43. The lowest BCUT2D eigenvalue weighted by molar-refractivity contribution is 0.0953. The molecule has 0 saturated heterocycles. The second-order valence-electron chi connectivity index (χ2n) is 3.73. The summed E-state index contributed by atoms with van der Waals surface area (Å²) in [6.45, 7) is 0.494. The van der Waals surface area contributed by atoms with Gasteiger partial charge in [-0.3, -0.25) is 4.79 Å². The molecule has 0 bridgehead atoms. The largest absolute Gasteiger partial charge is 0.352 e. The van der Waals surface area contributed by atoms with E-state index in [1.807, 2.05) is 11.6 Å². The van der Waals surface area contributed by atoms with Gasteiger partial charge in [0.05, 0.1) is 5.56 Å². The maximum atomic E-state index is 11.7. The van der Waals surface area contributed by atoms with Crippen LogP contribution in [0.4, 0.5) is 0 Å². The van der Waals surface area contributed by atoms with Crippen LogP contribution < -0.4 is 5.32 Å². The first-order chi connectivity index (χ1) is 8.66. The summed E-state index contributed by atoms with van der Waals surface area (Å²) in [4.78, 5) is 15.6. The summed E-state index contributed by atoms with van der Waals surface area (Å²) < 4.78 is 1.82. The number of pyridine rings is 1. The first-order valence-corrected chi connectivity index (χ1v) is 5.77. The molecule has 0 aliphatic heterocycles. The van der Waals surface area contributed by atoms with E-state index < -0.39 is 0 Å². The van der Waals surface area contributed by atoms with Crippen molar-refractivity contribution in [2.45, 2.75) is 6.42 Å². The van der Waals surface area contributed by atoms with Crippen LogP contribution in [0.1, 0.15) is 16.2 Å². The molecule has 2 rings (SSSR count). The number of amides is 1. The Labute approximate surface area is 109 Å². The first kappa shape index (κ1) is 12.5. The smallest absolute Gasteiger partial charge is 0.252 e. The molecule has 0 saturated carbocycles. The molecule has 94 valence electrons. The topological polar surface area (TPSA) is 72.7 Å². The molecule has 0 fully saturated rings. The number of carbonyl (C=O) groups excluding carboxylic acids is 1. The Morgan fingerprint density at radius 2 is 2.33 bits per heavy atom. The summed E-state index contributed by atoms with van der Waals surface area (Å²) >= 11 is 5.64. The van der Waals surface area contributed by atoms with Crippen molar-refractivity contribution in [3.63, 3.8) is 0 Å². The van der Waals surface area contributed by atoms with Crippen molar-refractivity contribution < 1.29 is 4.79 Å². The summed E-state index contributed by atoms with van der Waals surface area (Å²) in [5.41, 5.74) is 0.484. The zero-order chi connectivity index (χ0) is 13.0. The lowest BCUT2D eigenvalue weighted by Crippen LogP contribution is -2.26. The third-order valence-corrected chi connectivity index (χ3v) is 2.65. The van der Waals surface area contributed by atoms with Gasteiger partial charge in [0.2, 0.25) is 0 Å². The van der Waals surface area contributed by atoms with Crippen LogP contribution in [-0.2, 0) is 13.5 Å². The maximum absolute atomic E-state index is 11.7. The third-order valence-electron chi connectivity index (χ3n) is 2.43. The Morgan fingerprint density at radius 1 is 1.50 bits per heavy atom. The molecule has 1 amide bonds. The molecular formula is C11H12ClN5O. The number of aromatic nitrogens is 4. The summed E-state index contributed by atoms with van der Waals surface area (Å²) in [5.74, 6) is 0.644. The van der Waals surface area contributed by atoms with Crippen molar-refractivity contribution in [3.05, 3.63) is 41.2 Å². The third kappa shape index (κ3) is 3.04. The maximum Gasteiger partial charge on any atom is 0.252 e. The number of carbonyl (C=O) groups is 1.